The first-order valence-corrected chi connectivity index (χ1v) is 9.67. The van der Waals surface area contributed by atoms with E-state index in [2.05, 4.69) is 44.8 Å². The molecule has 1 aromatic rings. The van der Waals surface area contributed by atoms with Crippen molar-refractivity contribution in [3.63, 3.8) is 0 Å². The Kier molecular flexibility index (Phi) is 7.27. The zero-order chi connectivity index (χ0) is 14.2. The third-order valence-corrected chi connectivity index (χ3v) is 6.05. The van der Waals surface area contributed by atoms with Crippen LogP contribution in [0.5, 0.6) is 0 Å². The summed E-state index contributed by atoms with van der Waals surface area (Å²) < 4.78 is 1.16. The highest BCUT2D eigenvalue weighted by Gasteiger charge is 2.21. The predicted octanol–water partition coefficient (Wildman–Crippen LogP) is 3.10. The van der Waals surface area contributed by atoms with Crippen LogP contribution in [0, 0.1) is 0 Å². The van der Waals surface area contributed by atoms with Gasteiger partial charge in [-0.05, 0) is 46.7 Å². The highest BCUT2D eigenvalue weighted by molar-refractivity contribution is 9.10. The van der Waals surface area contributed by atoms with Crippen molar-refractivity contribution in [3.8, 4) is 0 Å². The summed E-state index contributed by atoms with van der Waals surface area (Å²) in [7, 11) is 0. The van der Waals surface area contributed by atoms with Crippen LogP contribution in [0.3, 0.4) is 0 Å². The van der Waals surface area contributed by atoms with Gasteiger partial charge in [-0.3, -0.25) is 10.1 Å². The van der Waals surface area contributed by atoms with Crippen molar-refractivity contribution in [2.45, 2.75) is 23.8 Å². The Balaban J connectivity index is 1.53. The third-order valence-electron chi connectivity index (χ3n) is 3.00. The van der Waals surface area contributed by atoms with Gasteiger partial charge in [0.15, 0.2) is 0 Å². The van der Waals surface area contributed by atoms with E-state index in [0.717, 1.165) is 41.2 Å². The standard InChI is InChI=1S/C14H19BrN2OS2/c15-11-5-1-2-6-13(11)20-8-4-3-7-16-14(18)12-9-19-10-17-12/h1-2,5-6,12,17H,3-4,7-10H2,(H,16,18). The largest absolute Gasteiger partial charge is 0.355 e. The summed E-state index contributed by atoms with van der Waals surface area (Å²) in [4.78, 5) is 13.0. The maximum atomic E-state index is 11.7. The van der Waals surface area contributed by atoms with Crippen LogP contribution in [0.25, 0.3) is 0 Å². The first kappa shape index (κ1) is 16.2. The molecule has 1 aromatic carbocycles. The number of hydrogen-bond acceptors (Lipinski definition) is 4. The molecule has 1 unspecified atom stereocenters. The molecule has 0 bridgehead atoms. The van der Waals surface area contributed by atoms with Crippen LogP contribution in [0.15, 0.2) is 33.6 Å². The molecule has 2 rings (SSSR count). The fourth-order valence-corrected chi connectivity index (χ4v) is 4.39. The third kappa shape index (κ3) is 5.31. The number of hydrogen-bond donors (Lipinski definition) is 2. The van der Waals surface area contributed by atoms with E-state index in [0.29, 0.717) is 0 Å². The van der Waals surface area contributed by atoms with E-state index in [9.17, 15) is 4.79 Å². The molecule has 1 saturated heterocycles. The Morgan fingerprint density at radius 3 is 3.05 bits per heavy atom. The molecule has 0 radical (unpaired) electrons. The van der Waals surface area contributed by atoms with E-state index < -0.39 is 0 Å². The Morgan fingerprint density at radius 1 is 1.45 bits per heavy atom. The topological polar surface area (TPSA) is 41.1 Å². The minimum atomic E-state index is 0.00893. The Hall–Kier alpha value is -0.170. The fourth-order valence-electron chi connectivity index (χ4n) is 1.87. The lowest BCUT2D eigenvalue weighted by Gasteiger charge is -2.10. The van der Waals surface area contributed by atoms with Gasteiger partial charge in [-0.1, -0.05) is 12.1 Å². The van der Waals surface area contributed by atoms with Crippen LogP contribution in [-0.4, -0.2) is 35.9 Å². The molecule has 20 heavy (non-hydrogen) atoms. The van der Waals surface area contributed by atoms with Crippen LogP contribution in [0.1, 0.15) is 12.8 Å². The van der Waals surface area contributed by atoms with Crippen molar-refractivity contribution in [2.75, 3.05) is 23.9 Å². The van der Waals surface area contributed by atoms with E-state index in [1.54, 1.807) is 11.8 Å². The van der Waals surface area contributed by atoms with Crippen LogP contribution in [0.4, 0.5) is 0 Å². The minimum Gasteiger partial charge on any atom is -0.355 e. The minimum absolute atomic E-state index is 0.00893. The number of carbonyl (C=O) groups excluding carboxylic acids is 1. The molecule has 0 aromatic heterocycles. The van der Waals surface area contributed by atoms with Crippen molar-refractivity contribution in [1.82, 2.24) is 10.6 Å². The van der Waals surface area contributed by atoms with Gasteiger partial charge in [0.25, 0.3) is 0 Å². The Bertz CT molecular complexity index is 439. The van der Waals surface area contributed by atoms with Gasteiger partial charge in [-0.2, -0.15) is 0 Å². The number of thioether (sulfide) groups is 2. The van der Waals surface area contributed by atoms with Crippen LogP contribution in [-0.2, 0) is 4.79 Å². The second-order valence-corrected chi connectivity index (χ2v) is 7.57. The van der Waals surface area contributed by atoms with Gasteiger partial charge in [-0.25, -0.2) is 0 Å². The molecular formula is C14H19BrN2OS2. The molecule has 1 amide bonds. The molecule has 110 valence electrons. The first-order chi connectivity index (χ1) is 9.77. The summed E-state index contributed by atoms with van der Waals surface area (Å²) in [6, 6.07) is 8.28. The molecule has 0 saturated carbocycles. The maximum Gasteiger partial charge on any atom is 0.238 e. The zero-order valence-corrected chi connectivity index (χ0v) is 14.5. The highest BCUT2D eigenvalue weighted by atomic mass is 79.9. The summed E-state index contributed by atoms with van der Waals surface area (Å²) in [6.45, 7) is 0.776. The molecule has 3 nitrogen and oxygen atoms in total. The highest BCUT2D eigenvalue weighted by Crippen LogP contribution is 2.27. The van der Waals surface area contributed by atoms with Gasteiger partial charge in [0.05, 0.1) is 6.04 Å². The molecule has 1 aliphatic rings. The van der Waals surface area contributed by atoms with Gasteiger partial charge in [0.1, 0.15) is 0 Å². The van der Waals surface area contributed by atoms with Gasteiger partial charge < -0.3 is 5.32 Å². The molecular weight excluding hydrogens is 356 g/mol. The maximum absolute atomic E-state index is 11.7. The fraction of sp³-hybridized carbons (Fsp3) is 0.500. The van der Waals surface area contributed by atoms with E-state index in [-0.39, 0.29) is 11.9 Å². The van der Waals surface area contributed by atoms with Gasteiger partial charge in [0.2, 0.25) is 5.91 Å². The average molecular weight is 375 g/mol. The number of halogens is 1. The smallest absolute Gasteiger partial charge is 0.238 e. The Labute approximate surface area is 137 Å². The molecule has 1 heterocycles. The molecule has 6 heteroatoms. The monoisotopic (exact) mass is 374 g/mol. The van der Waals surface area contributed by atoms with Crippen LogP contribution in [0.2, 0.25) is 0 Å². The molecule has 0 aliphatic carbocycles. The van der Waals surface area contributed by atoms with Gasteiger partial charge >= 0.3 is 0 Å². The Morgan fingerprint density at radius 2 is 2.30 bits per heavy atom. The van der Waals surface area contributed by atoms with E-state index in [1.807, 2.05) is 17.8 Å². The SMILES string of the molecule is O=C(NCCCCSc1ccccc1Br)C1CSCN1. The summed E-state index contributed by atoms with van der Waals surface area (Å²) >= 11 is 7.18. The van der Waals surface area contributed by atoms with Crippen LogP contribution < -0.4 is 10.6 Å². The van der Waals surface area contributed by atoms with E-state index in [4.69, 9.17) is 0 Å². The summed E-state index contributed by atoms with van der Waals surface area (Å²) in [5, 5.41) is 6.18. The van der Waals surface area contributed by atoms with Crippen molar-refractivity contribution >= 4 is 45.4 Å². The number of nitrogens with one attached hydrogen (secondary N) is 2. The summed E-state index contributed by atoms with van der Waals surface area (Å²) in [6.07, 6.45) is 2.14. The van der Waals surface area contributed by atoms with Crippen molar-refractivity contribution < 1.29 is 4.79 Å². The van der Waals surface area contributed by atoms with Crippen molar-refractivity contribution in [3.05, 3.63) is 28.7 Å². The summed E-state index contributed by atoms with van der Waals surface area (Å²) in [5.41, 5.74) is 0. The first-order valence-electron chi connectivity index (χ1n) is 6.73. The van der Waals surface area contributed by atoms with Crippen LogP contribution >= 0.6 is 39.5 Å². The molecule has 1 aliphatic heterocycles. The molecule has 1 fully saturated rings. The zero-order valence-electron chi connectivity index (χ0n) is 11.2. The van der Waals surface area contributed by atoms with Crippen molar-refractivity contribution in [2.24, 2.45) is 0 Å². The summed E-state index contributed by atoms with van der Waals surface area (Å²) in [5.74, 6) is 3.01. The molecule has 0 spiro atoms. The predicted molar refractivity (Wildman–Crippen MR) is 91.4 cm³/mol. The normalized spacial score (nSPS) is 18.1. The molecule has 1 atom stereocenters. The lowest BCUT2D eigenvalue weighted by atomic mass is 10.3. The van der Waals surface area contributed by atoms with E-state index >= 15 is 0 Å². The average Bonchev–Trinajstić information content (AvgIpc) is 2.98. The lowest BCUT2D eigenvalue weighted by molar-refractivity contribution is -0.122. The van der Waals surface area contributed by atoms with Gasteiger partial charge in [-0.15, -0.1) is 23.5 Å². The van der Waals surface area contributed by atoms with Gasteiger partial charge in [0, 0.05) is 27.5 Å². The number of amides is 1. The number of carbonyl (C=O) groups is 1. The second kappa shape index (κ2) is 8.97. The quantitative estimate of drug-likeness (QED) is 0.568. The number of unbranched alkanes of at least 4 members (excludes halogenated alkanes) is 1. The van der Waals surface area contributed by atoms with Crippen molar-refractivity contribution in [1.29, 1.82) is 0 Å². The second-order valence-electron chi connectivity index (χ2n) is 4.55. The molecule has 2 N–H and O–H groups in total. The number of benzene rings is 1. The number of rotatable bonds is 7. The van der Waals surface area contributed by atoms with E-state index in [1.165, 1.54) is 4.90 Å². The lowest BCUT2D eigenvalue weighted by Crippen LogP contribution is -2.42.